The number of para-hydroxylation sites is 2. The lowest BCUT2D eigenvalue weighted by Gasteiger charge is -2.14. The number of amides is 1. The second-order valence-corrected chi connectivity index (χ2v) is 8.79. The Balaban J connectivity index is 1.70. The lowest BCUT2D eigenvalue weighted by Crippen LogP contribution is -2.23. The van der Waals surface area contributed by atoms with Gasteiger partial charge in [0.05, 0.1) is 16.3 Å². The molecule has 1 amide bonds. The summed E-state index contributed by atoms with van der Waals surface area (Å²) in [5.74, 6) is -0.0743. The molecular weight excluding hydrogens is 394 g/mol. The third-order valence-electron chi connectivity index (χ3n) is 5.07. The van der Waals surface area contributed by atoms with Crippen molar-refractivity contribution in [2.45, 2.75) is 63.4 Å². The number of anilines is 1. The van der Waals surface area contributed by atoms with Crippen molar-refractivity contribution in [1.82, 2.24) is 9.55 Å². The number of rotatable bonds is 10. The van der Waals surface area contributed by atoms with Gasteiger partial charge in [0, 0.05) is 17.8 Å². The highest BCUT2D eigenvalue weighted by molar-refractivity contribution is 8.00. The molecule has 2 aromatic carbocycles. The second-order valence-electron chi connectivity index (χ2n) is 7.48. The number of fused-ring (bicyclic) bond motifs is 1. The smallest absolute Gasteiger partial charge is 0.237 e. The molecule has 0 bridgehead atoms. The quantitative estimate of drug-likeness (QED) is 0.249. The zero-order chi connectivity index (χ0) is 21.5. The largest absolute Gasteiger partial charge is 0.325 e. The van der Waals surface area contributed by atoms with Crippen LogP contribution in [0.3, 0.4) is 0 Å². The van der Waals surface area contributed by atoms with Gasteiger partial charge in [0.2, 0.25) is 5.91 Å². The van der Waals surface area contributed by atoms with Gasteiger partial charge in [-0.05, 0) is 56.7 Å². The number of nitrogens with zero attached hydrogens (tertiary/aromatic N) is 2. The Kier molecular flexibility index (Phi) is 7.69. The first kappa shape index (κ1) is 22.1. The lowest BCUT2D eigenvalue weighted by molar-refractivity contribution is -0.115. The number of carbonyl (C=O) groups excluding carboxylic acids is 2. The Labute approximate surface area is 182 Å². The molecule has 0 saturated heterocycles. The van der Waals surface area contributed by atoms with Crippen LogP contribution in [-0.2, 0) is 11.3 Å². The molecule has 0 saturated carbocycles. The molecule has 1 aromatic heterocycles. The molecule has 1 heterocycles. The maximum Gasteiger partial charge on any atom is 0.237 e. The van der Waals surface area contributed by atoms with E-state index in [4.69, 9.17) is 4.98 Å². The summed E-state index contributed by atoms with van der Waals surface area (Å²) >= 11 is 1.48. The van der Waals surface area contributed by atoms with Gasteiger partial charge >= 0.3 is 0 Å². The predicted octanol–water partition coefficient (Wildman–Crippen LogP) is 5.94. The normalized spacial score (nSPS) is 12.1. The van der Waals surface area contributed by atoms with Gasteiger partial charge in [-0.2, -0.15) is 0 Å². The molecule has 1 N–H and O–H groups in total. The van der Waals surface area contributed by atoms with E-state index in [1.54, 1.807) is 24.3 Å². The van der Waals surface area contributed by atoms with Gasteiger partial charge in [0.15, 0.2) is 10.9 Å². The summed E-state index contributed by atoms with van der Waals surface area (Å²) < 4.78 is 2.24. The van der Waals surface area contributed by atoms with E-state index in [9.17, 15) is 9.59 Å². The molecular formula is C24H29N3O2S. The number of carbonyl (C=O) groups is 2. The molecule has 0 aliphatic rings. The summed E-state index contributed by atoms with van der Waals surface area (Å²) in [5, 5.41) is 3.51. The Morgan fingerprint density at radius 3 is 2.50 bits per heavy atom. The number of aromatic nitrogens is 2. The van der Waals surface area contributed by atoms with Crippen LogP contribution in [0.25, 0.3) is 11.0 Å². The Hall–Kier alpha value is -2.60. The van der Waals surface area contributed by atoms with Crippen molar-refractivity contribution in [2.24, 2.45) is 0 Å². The number of benzene rings is 2. The number of imidazole rings is 1. The Bertz CT molecular complexity index is 1010. The van der Waals surface area contributed by atoms with Crippen molar-refractivity contribution >= 4 is 40.2 Å². The zero-order valence-corrected chi connectivity index (χ0v) is 18.7. The van der Waals surface area contributed by atoms with Crippen LogP contribution in [0.4, 0.5) is 5.69 Å². The van der Waals surface area contributed by atoms with Crippen LogP contribution >= 0.6 is 11.8 Å². The van der Waals surface area contributed by atoms with Gasteiger partial charge in [0.25, 0.3) is 0 Å². The standard InChI is InChI=1S/C24H29N3O2S/c1-4-5-6-9-16-27-22-11-8-7-10-21(22)26-24(27)30-18(3)23(29)25-20-14-12-19(13-15-20)17(2)28/h7-8,10-15,18H,4-6,9,16H2,1-3H3,(H,25,29)/t18-/m0/s1. The highest BCUT2D eigenvalue weighted by Crippen LogP contribution is 2.28. The molecule has 0 unspecified atom stereocenters. The molecule has 0 aliphatic heterocycles. The minimum Gasteiger partial charge on any atom is -0.325 e. The molecule has 0 aliphatic carbocycles. The number of nitrogens with one attached hydrogen (secondary N) is 1. The van der Waals surface area contributed by atoms with Crippen molar-refractivity contribution in [3.8, 4) is 0 Å². The fourth-order valence-electron chi connectivity index (χ4n) is 3.30. The van der Waals surface area contributed by atoms with Gasteiger partial charge in [-0.3, -0.25) is 9.59 Å². The molecule has 158 valence electrons. The van der Waals surface area contributed by atoms with Crippen molar-refractivity contribution in [3.05, 3.63) is 54.1 Å². The van der Waals surface area contributed by atoms with Crippen LogP contribution in [0.15, 0.2) is 53.7 Å². The number of ketones is 1. The Morgan fingerprint density at radius 1 is 1.07 bits per heavy atom. The first-order chi connectivity index (χ1) is 14.5. The van der Waals surface area contributed by atoms with Crippen molar-refractivity contribution in [2.75, 3.05) is 5.32 Å². The fraction of sp³-hybridized carbons (Fsp3) is 0.375. The maximum atomic E-state index is 12.7. The first-order valence-corrected chi connectivity index (χ1v) is 11.4. The SMILES string of the molecule is CCCCCCn1c(S[C@@H](C)C(=O)Nc2ccc(C(C)=O)cc2)nc2ccccc21. The monoisotopic (exact) mass is 423 g/mol. The molecule has 5 nitrogen and oxygen atoms in total. The minimum atomic E-state index is -0.302. The summed E-state index contributed by atoms with van der Waals surface area (Å²) in [7, 11) is 0. The average molecular weight is 424 g/mol. The number of hydrogen-bond acceptors (Lipinski definition) is 4. The van der Waals surface area contributed by atoms with Crippen LogP contribution in [0.5, 0.6) is 0 Å². The summed E-state index contributed by atoms with van der Waals surface area (Å²) in [5.41, 5.74) is 3.39. The fourth-order valence-corrected chi connectivity index (χ4v) is 4.25. The number of aryl methyl sites for hydroxylation is 1. The van der Waals surface area contributed by atoms with Crippen LogP contribution < -0.4 is 5.32 Å². The summed E-state index contributed by atoms with van der Waals surface area (Å²) in [4.78, 5) is 28.9. The second kappa shape index (κ2) is 10.4. The van der Waals surface area contributed by atoms with Crippen molar-refractivity contribution in [1.29, 1.82) is 0 Å². The molecule has 0 fully saturated rings. The molecule has 3 rings (SSSR count). The van der Waals surface area contributed by atoms with Gasteiger partial charge < -0.3 is 9.88 Å². The number of hydrogen-bond donors (Lipinski definition) is 1. The molecule has 0 spiro atoms. The van der Waals surface area contributed by atoms with Gasteiger partial charge in [-0.15, -0.1) is 0 Å². The lowest BCUT2D eigenvalue weighted by atomic mass is 10.1. The Morgan fingerprint density at radius 2 is 1.80 bits per heavy atom. The van der Waals surface area contributed by atoms with E-state index >= 15 is 0 Å². The van der Waals surface area contributed by atoms with Crippen LogP contribution in [0, 0.1) is 0 Å². The van der Waals surface area contributed by atoms with E-state index in [1.165, 1.54) is 37.9 Å². The van der Waals surface area contributed by atoms with Crippen LogP contribution in [0.2, 0.25) is 0 Å². The highest BCUT2D eigenvalue weighted by Gasteiger charge is 2.19. The van der Waals surface area contributed by atoms with Gasteiger partial charge in [-0.1, -0.05) is 50.1 Å². The predicted molar refractivity (Wildman–Crippen MR) is 124 cm³/mol. The van der Waals surface area contributed by atoms with Crippen molar-refractivity contribution < 1.29 is 9.59 Å². The zero-order valence-electron chi connectivity index (χ0n) is 17.9. The van der Waals surface area contributed by atoms with Gasteiger partial charge in [0.1, 0.15) is 0 Å². The van der Waals surface area contributed by atoms with E-state index in [-0.39, 0.29) is 16.9 Å². The van der Waals surface area contributed by atoms with E-state index < -0.39 is 0 Å². The van der Waals surface area contributed by atoms with Crippen LogP contribution in [0.1, 0.15) is 56.8 Å². The maximum absolute atomic E-state index is 12.7. The third kappa shape index (κ3) is 5.51. The summed E-state index contributed by atoms with van der Waals surface area (Å²) in [6.07, 6.45) is 4.73. The first-order valence-electron chi connectivity index (χ1n) is 10.5. The van der Waals surface area contributed by atoms with Crippen LogP contribution in [-0.4, -0.2) is 26.5 Å². The topological polar surface area (TPSA) is 64.0 Å². The molecule has 30 heavy (non-hydrogen) atoms. The highest BCUT2D eigenvalue weighted by atomic mass is 32.2. The summed E-state index contributed by atoms with van der Waals surface area (Å²) in [6.45, 7) is 6.54. The minimum absolute atomic E-state index is 0.00893. The molecule has 1 atom stereocenters. The number of unbranched alkanes of at least 4 members (excludes halogenated alkanes) is 3. The van der Waals surface area contributed by atoms with E-state index in [0.717, 1.165) is 29.2 Å². The molecule has 0 radical (unpaired) electrons. The third-order valence-corrected chi connectivity index (χ3v) is 6.16. The number of Topliss-reactive ketones (excluding diaryl/α,β-unsaturated/α-hetero) is 1. The number of thioether (sulfide) groups is 1. The van der Waals surface area contributed by atoms with Gasteiger partial charge in [-0.25, -0.2) is 4.98 Å². The molecule has 3 aromatic rings. The van der Waals surface area contributed by atoms with E-state index in [1.807, 2.05) is 25.1 Å². The summed E-state index contributed by atoms with van der Waals surface area (Å²) in [6, 6.07) is 15.1. The molecule has 6 heteroatoms. The van der Waals surface area contributed by atoms with Crippen molar-refractivity contribution in [3.63, 3.8) is 0 Å². The van der Waals surface area contributed by atoms with E-state index in [2.05, 4.69) is 22.9 Å². The van der Waals surface area contributed by atoms with E-state index in [0.29, 0.717) is 11.3 Å². The average Bonchev–Trinajstić information content (AvgIpc) is 3.08.